The van der Waals surface area contributed by atoms with Gasteiger partial charge in [-0.2, -0.15) is 5.01 Å². The van der Waals surface area contributed by atoms with Gasteiger partial charge in [0, 0.05) is 23.5 Å². The molecule has 0 fully saturated rings. The molecule has 1 aromatic carbocycles. The molecule has 21 heavy (non-hydrogen) atoms. The van der Waals surface area contributed by atoms with Crippen LogP contribution in [0.2, 0.25) is 5.02 Å². The van der Waals surface area contributed by atoms with Crippen LogP contribution in [0.4, 0.5) is 0 Å². The van der Waals surface area contributed by atoms with Gasteiger partial charge in [0.05, 0.1) is 6.61 Å². The molecule has 2 rings (SSSR count). The molecule has 4 nitrogen and oxygen atoms in total. The summed E-state index contributed by atoms with van der Waals surface area (Å²) in [5, 5.41) is 14.3. The Kier molecular flexibility index (Phi) is 5.25. The summed E-state index contributed by atoms with van der Waals surface area (Å²) in [6, 6.07) is 7.96. The van der Waals surface area contributed by atoms with E-state index >= 15 is 0 Å². The average Bonchev–Trinajstić information content (AvgIpc) is 2.82. The van der Waals surface area contributed by atoms with Crippen molar-refractivity contribution in [2.75, 3.05) is 26.4 Å². The molecule has 0 bridgehead atoms. The minimum atomic E-state index is 0.00417. The number of nitrogens with zero attached hydrogens (tertiary/aromatic N) is 3. The number of hydrogen-bond donors (Lipinski definition) is 1. The lowest BCUT2D eigenvalue weighted by molar-refractivity contribution is 0.0443. The van der Waals surface area contributed by atoms with Crippen LogP contribution in [0, 0.1) is 5.41 Å². The second-order valence-corrected chi connectivity index (χ2v) is 6.76. The first-order chi connectivity index (χ1) is 9.91. The number of hydrazine groups is 1. The fraction of sp³-hybridized carbons (Fsp3) is 0.562. The van der Waals surface area contributed by atoms with Crippen molar-refractivity contribution in [1.29, 1.82) is 0 Å². The Hall–Kier alpha value is -1.10. The van der Waals surface area contributed by atoms with Gasteiger partial charge in [-0.3, -0.25) is 10.0 Å². The quantitative estimate of drug-likeness (QED) is 0.909. The van der Waals surface area contributed by atoms with Crippen LogP contribution in [0.3, 0.4) is 0 Å². The van der Waals surface area contributed by atoms with E-state index < -0.39 is 0 Å². The SMILES string of the molecule is CC(C)(C)C1=NCN(CCO)N1CCc1ccc(Cl)cc1. The van der Waals surface area contributed by atoms with Crippen molar-refractivity contribution >= 4 is 17.4 Å². The first-order valence-electron chi connectivity index (χ1n) is 7.34. The maximum absolute atomic E-state index is 9.22. The summed E-state index contributed by atoms with van der Waals surface area (Å²) in [6.45, 7) is 8.76. The molecule has 0 unspecified atom stereocenters. The van der Waals surface area contributed by atoms with Crippen molar-refractivity contribution in [3.05, 3.63) is 34.9 Å². The summed E-state index contributed by atoms with van der Waals surface area (Å²) in [4.78, 5) is 4.65. The monoisotopic (exact) mass is 309 g/mol. The Labute approximate surface area is 132 Å². The van der Waals surface area contributed by atoms with Crippen molar-refractivity contribution in [3.63, 3.8) is 0 Å². The molecule has 1 aliphatic rings. The topological polar surface area (TPSA) is 39.1 Å². The average molecular weight is 310 g/mol. The third-order valence-electron chi connectivity index (χ3n) is 3.52. The Bertz CT molecular complexity index is 493. The summed E-state index contributed by atoms with van der Waals surface area (Å²) < 4.78 is 0. The van der Waals surface area contributed by atoms with Crippen molar-refractivity contribution < 1.29 is 5.11 Å². The molecule has 0 saturated heterocycles. The molecule has 0 aliphatic carbocycles. The number of amidine groups is 1. The molecule has 116 valence electrons. The van der Waals surface area contributed by atoms with E-state index in [1.165, 1.54) is 5.56 Å². The fourth-order valence-corrected chi connectivity index (χ4v) is 2.63. The predicted octanol–water partition coefficient (Wildman–Crippen LogP) is 2.81. The number of aliphatic hydroxyl groups excluding tert-OH is 1. The Morgan fingerprint density at radius 1 is 1.19 bits per heavy atom. The smallest absolute Gasteiger partial charge is 0.120 e. The third kappa shape index (κ3) is 4.19. The molecule has 1 aliphatic heterocycles. The summed E-state index contributed by atoms with van der Waals surface area (Å²) in [5.74, 6) is 1.09. The number of benzene rings is 1. The Balaban J connectivity index is 2.05. The zero-order valence-electron chi connectivity index (χ0n) is 13.0. The highest BCUT2D eigenvalue weighted by molar-refractivity contribution is 6.30. The Morgan fingerprint density at radius 2 is 1.86 bits per heavy atom. The molecule has 1 heterocycles. The molecule has 0 radical (unpaired) electrons. The Morgan fingerprint density at radius 3 is 2.43 bits per heavy atom. The second-order valence-electron chi connectivity index (χ2n) is 6.33. The third-order valence-corrected chi connectivity index (χ3v) is 3.78. The van der Waals surface area contributed by atoms with E-state index in [2.05, 4.69) is 47.9 Å². The maximum atomic E-state index is 9.22. The largest absolute Gasteiger partial charge is 0.395 e. The lowest BCUT2D eigenvalue weighted by Gasteiger charge is -2.34. The van der Waals surface area contributed by atoms with E-state index in [1.807, 2.05) is 12.1 Å². The van der Waals surface area contributed by atoms with Crippen molar-refractivity contribution in [3.8, 4) is 0 Å². The summed E-state index contributed by atoms with van der Waals surface area (Å²) >= 11 is 5.92. The zero-order valence-corrected chi connectivity index (χ0v) is 13.8. The van der Waals surface area contributed by atoms with E-state index in [0.717, 1.165) is 23.8 Å². The van der Waals surface area contributed by atoms with Gasteiger partial charge in [0.1, 0.15) is 12.5 Å². The minimum absolute atomic E-state index is 0.00417. The van der Waals surface area contributed by atoms with E-state index in [-0.39, 0.29) is 12.0 Å². The van der Waals surface area contributed by atoms with Gasteiger partial charge in [-0.05, 0) is 24.1 Å². The van der Waals surface area contributed by atoms with E-state index in [9.17, 15) is 5.11 Å². The van der Waals surface area contributed by atoms with Gasteiger partial charge in [0.2, 0.25) is 0 Å². The number of aliphatic hydroxyl groups is 1. The molecule has 1 N–H and O–H groups in total. The molecule has 0 aromatic heterocycles. The molecular weight excluding hydrogens is 286 g/mol. The molecule has 5 heteroatoms. The van der Waals surface area contributed by atoms with Crippen molar-refractivity contribution in [1.82, 2.24) is 10.0 Å². The van der Waals surface area contributed by atoms with E-state index in [1.54, 1.807) is 0 Å². The maximum Gasteiger partial charge on any atom is 0.120 e. The van der Waals surface area contributed by atoms with Crippen LogP contribution in [0.15, 0.2) is 29.3 Å². The van der Waals surface area contributed by atoms with Crippen LogP contribution < -0.4 is 0 Å². The van der Waals surface area contributed by atoms with Gasteiger partial charge in [0.15, 0.2) is 0 Å². The lowest BCUT2D eigenvalue weighted by Crippen LogP contribution is -2.47. The zero-order chi connectivity index (χ0) is 15.5. The van der Waals surface area contributed by atoms with Crippen LogP contribution in [0.25, 0.3) is 0 Å². The molecule has 0 atom stereocenters. The summed E-state index contributed by atoms with van der Waals surface area (Å²) in [7, 11) is 0. The van der Waals surface area contributed by atoms with Crippen LogP contribution in [0.5, 0.6) is 0 Å². The van der Waals surface area contributed by atoms with Gasteiger partial charge < -0.3 is 5.11 Å². The number of β-amino-alcohol motifs (C(OH)–C–C–N with tert-alkyl or cyclic N) is 1. The highest BCUT2D eigenvalue weighted by atomic mass is 35.5. The highest BCUT2D eigenvalue weighted by Crippen LogP contribution is 2.25. The van der Waals surface area contributed by atoms with Gasteiger partial charge >= 0.3 is 0 Å². The van der Waals surface area contributed by atoms with E-state index in [0.29, 0.717) is 13.2 Å². The standard InChI is InChI=1S/C16H24ClN3O/c1-16(2,3)15-18-12-19(10-11-21)20(15)9-8-13-4-6-14(17)7-5-13/h4-7,21H,8-12H2,1-3H3. The normalized spacial score (nSPS) is 16.4. The van der Waals surface area contributed by atoms with Crippen LogP contribution >= 0.6 is 11.6 Å². The van der Waals surface area contributed by atoms with Crippen molar-refractivity contribution in [2.45, 2.75) is 27.2 Å². The number of hydrogen-bond acceptors (Lipinski definition) is 4. The first kappa shape index (κ1) is 16.3. The molecule has 0 spiro atoms. The van der Waals surface area contributed by atoms with Crippen LogP contribution in [-0.2, 0) is 6.42 Å². The van der Waals surface area contributed by atoms with Gasteiger partial charge in [-0.15, -0.1) is 0 Å². The first-order valence-corrected chi connectivity index (χ1v) is 7.72. The molecular formula is C16H24ClN3O. The lowest BCUT2D eigenvalue weighted by atomic mass is 9.94. The van der Waals surface area contributed by atoms with Gasteiger partial charge in [-0.1, -0.05) is 44.5 Å². The summed E-state index contributed by atoms with van der Waals surface area (Å²) in [5.41, 5.74) is 1.26. The van der Waals surface area contributed by atoms with Gasteiger partial charge in [0.25, 0.3) is 0 Å². The molecule has 0 saturated carbocycles. The van der Waals surface area contributed by atoms with Crippen molar-refractivity contribution in [2.24, 2.45) is 10.4 Å². The van der Waals surface area contributed by atoms with Crippen LogP contribution in [0.1, 0.15) is 26.3 Å². The second kappa shape index (κ2) is 6.77. The number of aliphatic imine (C=N–C) groups is 1. The fourth-order valence-electron chi connectivity index (χ4n) is 2.51. The minimum Gasteiger partial charge on any atom is -0.395 e. The number of rotatable bonds is 5. The highest BCUT2D eigenvalue weighted by Gasteiger charge is 2.32. The number of halogens is 1. The summed E-state index contributed by atoms with van der Waals surface area (Å²) in [6.07, 6.45) is 0.925. The van der Waals surface area contributed by atoms with Crippen LogP contribution in [-0.4, -0.2) is 47.3 Å². The van der Waals surface area contributed by atoms with E-state index in [4.69, 9.17) is 11.6 Å². The molecule has 0 amide bonds. The van der Waals surface area contributed by atoms with Gasteiger partial charge in [-0.25, -0.2) is 0 Å². The predicted molar refractivity (Wildman–Crippen MR) is 87.4 cm³/mol. The molecule has 1 aromatic rings.